The Hall–Kier alpha value is -0.740. The summed E-state index contributed by atoms with van der Waals surface area (Å²) in [5.74, 6) is -0.995. The van der Waals surface area contributed by atoms with Crippen LogP contribution in [-0.2, 0) is 4.79 Å². The molecule has 1 saturated heterocycles. The van der Waals surface area contributed by atoms with E-state index in [-0.39, 0.29) is 18.9 Å². The SMILES string of the molecule is O=C(CC1CCCCC1)N1CCCC(C(F)(F)F)C1. The van der Waals surface area contributed by atoms with Crippen LogP contribution in [0, 0.1) is 11.8 Å². The van der Waals surface area contributed by atoms with Crippen molar-refractivity contribution in [1.29, 1.82) is 0 Å². The minimum absolute atomic E-state index is 0.0687. The van der Waals surface area contributed by atoms with Gasteiger partial charge in [-0.25, -0.2) is 0 Å². The fourth-order valence-electron chi connectivity index (χ4n) is 3.24. The third kappa shape index (κ3) is 4.11. The average Bonchev–Trinajstić information content (AvgIpc) is 2.39. The Balaban J connectivity index is 1.84. The first-order chi connectivity index (χ1) is 8.97. The zero-order valence-corrected chi connectivity index (χ0v) is 11.2. The van der Waals surface area contributed by atoms with Crippen LogP contribution in [0.3, 0.4) is 0 Å². The standard InChI is InChI=1S/C14H22F3NO/c15-14(16,17)12-7-4-8-18(10-12)13(19)9-11-5-2-1-3-6-11/h11-12H,1-10H2. The highest BCUT2D eigenvalue weighted by atomic mass is 19.4. The molecule has 1 heterocycles. The van der Waals surface area contributed by atoms with Gasteiger partial charge in [-0.2, -0.15) is 13.2 Å². The zero-order valence-electron chi connectivity index (χ0n) is 11.2. The van der Waals surface area contributed by atoms with E-state index in [2.05, 4.69) is 0 Å². The van der Waals surface area contributed by atoms with E-state index in [4.69, 9.17) is 0 Å². The molecule has 1 saturated carbocycles. The third-order valence-electron chi connectivity index (χ3n) is 4.43. The molecule has 0 bridgehead atoms. The molecule has 0 spiro atoms. The van der Waals surface area contributed by atoms with E-state index in [0.29, 0.717) is 25.3 Å². The Bertz CT molecular complexity index is 310. The Labute approximate surface area is 112 Å². The van der Waals surface area contributed by atoms with E-state index in [1.165, 1.54) is 11.3 Å². The monoisotopic (exact) mass is 277 g/mol. The molecule has 0 aromatic carbocycles. The molecular weight excluding hydrogens is 255 g/mol. The Morgan fingerprint density at radius 2 is 1.74 bits per heavy atom. The molecule has 1 aliphatic carbocycles. The number of likely N-dealkylation sites (tertiary alicyclic amines) is 1. The first-order valence-corrected chi connectivity index (χ1v) is 7.31. The maximum absolute atomic E-state index is 12.7. The first kappa shape index (κ1) is 14.7. The molecule has 1 aliphatic heterocycles. The van der Waals surface area contributed by atoms with Crippen LogP contribution >= 0.6 is 0 Å². The highest BCUT2D eigenvalue weighted by molar-refractivity contribution is 5.76. The number of halogens is 3. The maximum Gasteiger partial charge on any atom is 0.393 e. The van der Waals surface area contributed by atoms with Crippen molar-refractivity contribution in [2.45, 2.75) is 57.5 Å². The summed E-state index contributed by atoms with van der Waals surface area (Å²) in [6.07, 6.45) is 2.58. The van der Waals surface area contributed by atoms with Gasteiger partial charge in [0.05, 0.1) is 5.92 Å². The second-order valence-corrected chi connectivity index (χ2v) is 5.93. The lowest BCUT2D eigenvalue weighted by Gasteiger charge is -2.35. The summed E-state index contributed by atoms with van der Waals surface area (Å²) >= 11 is 0. The van der Waals surface area contributed by atoms with Gasteiger partial charge in [0, 0.05) is 19.5 Å². The van der Waals surface area contributed by atoms with Crippen molar-refractivity contribution in [1.82, 2.24) is 4.90 Å². The van der Waals surface area contributed by atoms with Crippen LogP contribution in [-0.4, -0.2) is 30.1 Å². The number of hydrogen-bond acceptors (Lipinski definition) is 1. The highest BCUT2D eigenvalue weighted by Gasteiger charge is 2.42. The predicted molar refractivity (Wildman–Crippen MR) is 66.6 cm³/mol. The molecule has 2 fully saturated rings. The van der Waals surface area contributed by atoms with Crippen LogP contribution in [0.15, 0.2) is 0 Å². The van der Waals surface area contributed by atoms with Gasteiger partial charge in [0.2, 0.25) is 5.91 Å². The lowest BCUT2D eigenvalue weighted by Crippen LogP contribution is -2.45. The number of carbonyl (C=O) groups excluding carboxylic acids is 1. The van der Waals surface area contributed by atoms with Gasteiger partial charge in [-0.05, 0) is 31.6 Å². The second kappa shape index (κ2) is 6.14. The summed E-state index contributed by atoms with van der Waals surface area (Å²) in [4.78, 5) is 13.5. The van der Waals surface area contributed by atoms with Gasteiger partial charge in [-0.15, -0.1) is 0 Å². The molecule has 19 heavy (non-hydrogen) atoms. The Morgan fingerprint density at radius 3 is 2.37 bits per heavy atom. The van der Waals surface area contributed by atoms with Crippen LogP contribution in [0.2, 0.25) is 0 Å². The number of nitrogens with zero attached hydrogens (tertiary/aromatic N) is 1. The largest absolute Gasteiger partial charge is 0.393 e. The predicted octanol–water partition coefficient (Wildman–Crippen LogP) is 3.76. The smallest absolute Gasteiger partial charge is 0.342 e. The van der Waals surface area contributed by atoms with Crippen LogP contribution in [0.4, 0.5) is 13.2 Å². The molecular formula is C14H22F3NO. The average molecular weight is 277 g/mol. The summed E-state index contributed by atoms with van der Waals surface area (Å²) in [6, 6.07) is 0. The molecule has 2 rings (SSSR count). The fourth-order valence-corrected chi connectivity index (χ4v) is 3.24. The van der Waals surface area contributed by atoms with Crippen molar-refractivity contribution in [2.24, 2.45) is 11.8 Å². The molecule has 0 aromatic rings. The van der Waals surface area contributed by atoms with Crippen molar-refractivity contribution in [2.75, 3.05) is 13.1 Å². The van der Waals surface area contributed by atoms with Crippen molar-refractivity contribution in [3.63, 3.8) is 0 Å². The van der Waals surface area contributed by atoms with Crippen LogP contribution in [0.5, 0.6) is 0 Å². The molecule has 1 atom stereocenters. The van der Waals surface area contributed by atoms with E-state index in [9.17, 15) is 18.0 Å². The number of hydrogen-bond donors (Lipinski definition) is 0. The van der Waals surface area contributed by atoms with Crippen molar-refractivity contribution in [3.05, 3.63) is 0 Å². The third-order valence-corrected chi connectivity index (χ3v) is 4.43. The van der Waals surface area contributed by atoms with Gasteiger partial charge in [0.15, 0.2) is 0 Å². The molecule has 2 nitrogen and oxygen atoms in total. The second-order valence-electron chi connectivity index (χ2n) is 5.93. The van der Waals surface area contributed by atoms with Gasteiger partial charge in [0.25, 0.3) is 0 Å². The fraction of sp³-hybridized carbons (Fsp3) is 0.929. The highest BCUT2D eigenvalue weighted by Crippen LogP contribution is 2.34. The quantitative estimate of drug-likeness (QED) is 0.752. The lowest BCUT2D eigenvalue weighted by molar-refractivity contribution is -0.188. The minimum Gasteiger partial charge on any atom is -0.342 e. The normalized spacial score (nSPS) is 26.5. The summed E-state index contributed by atoms with van der Waals surface area (Å²) in [5, 5.41) is 0. The molecule has 5 heteroatoms. The first-order valence-electron chi connectivity index (χ1n) is 7.31. The lowest BCUT2D eigenvalue weighted by atomic mass is 9.86. The number of amides is 1. The van der Waals surface area contributed by atoms with Gasteiger partial charge in [-0.3, -0.25) is 4.79 Å². The topological polar surface area (TPSA) is 20.3 Å². The molecule has 1 amide bonds. The Morgan fingerprint density at radius 1 is 1.05 bits per heavy atom. The maximum atomic E-state index is 12.7. The van der Waals surface area contributed by atoms with E-state index < -0.39 is 12.1 Å². The number of alkyl halides is 3. The van der Waals surface area contributed by atoms with Crippen molar-refractivity contribution < 1.29 is 18.0 Å². The van der Waals surface area contributed by atoms with E-state index in [1.54, 1.807) is 0 Å². The molecule has 2 aliphatic rings. The Kier molecular flexibility index (Phi) is 4.74. The van der Waals surface area contributed by atoms with Gasteiger partial charge in [0.1, 0.15) is 0 Å². The summed E-state index contributed by atoms with van der Waals surface area (Å²) in [7, 11) is 0. The van der Waals surface area contributed by atoms with Crippen LogP contribution in [0.1, 0.15) is 51.4 Å². The van der Waals surface area contributed by atoms with Crippen molar-refractivity contribution >= 4 is 5.91 Å². The number of piperidine rings is 1. The molecule has 0 N–H and O–H groups in total. The van der Waals surface area contributed by atoms with Crippen LogP contribution < -0.4 is 0 Å². The molecule has 0 aromatic heterocycles. The summed E-state index contributed by atoms with van der Waals surface area (Å²) in [5.41, 5.74) is 0. The van der Waals surface area contributed by atoms with Crippen LogP contribution in [0.25, 0.3) is 0 Å². The molecule has 110 valence electrons. The van der Waals surface area contributed by atoms with E-state index in [1.807, 2.05) is 0 Å². The minimum atomic E-state index is -4.16. The summed E-state index contributed by atoms with van der Waals surface area (Å²) in [6.45, 7) is 0.368. The number of rotatable bonds is 2. The summed E-state index contributed by atoms with van der Waals surface area (Å²) < 4.78 is 38.1. The van der Waals surface area contributed by atoms with Gasteiger partial charge >= 0.3 is 6.18 Å². The zero-order chi connectivity index (χ0) is 13.9. The molecule has 0 radical (unpaired) electrons. The molecule has 1 unspecified atom stereocenters. The van der Waals surface area contributed by atoms with E-state index in [0.717, 1.165) is 25.7 Å². The van der Waals surface area contributed by atoms with Gasteiger partial charge < -0.3 is 4.90 Å². The van der Waals surface area contributed by atoms with Gasteiger partial charge in [-0.1, -0.05) is 19.3 Å². The van der Waals surface area contributed by atoms with E-state index >= 15 is 0 Å². The number of carbonyl (C=O) groups is 1. The van der Waals surface area contributed by atoms with Crippen molar-refractivity contribution in [3.8, 4) is 0 Å².